The Morgan fingerprint density at radius 1 is 1.30 bits per heavy atom. The summed E-state index contributed by atoms with van der Waals surface area (Å²) in [7, 11) is -3.59. The van der Waals surface area contributed by atoms with E-state index in [-0.39, 0.29) is 11.0 Å². The molecule has 1 aliphatic heterocycles. The van der Waals surface area contributed by atoms with Crippen molar-refractivity contribution in [2.75, 3.05) is 13.2 Å². The van der Waals surface area contributed by atoms with Crippen LogP contribution >= 0.6 is 0 Å². The predicted molar refractivity (Wildman–Crippen MR) is 85.6 cm³/mol. The van der Waals surface area contributed by atoms with Gasteiger partial charge in [0.1, 0.15) is 0 Å². The number of rotatable bonds is 5. The molecule has 0 aliphatic carbocycles. The summed E-state index contributed by atoms with van der Waals surface area (Å²) in [6, 6.07) is 7.00. The lowest BCUT2D eigenvalue weighted by Gasteiger charge is -2.13. The van der Waals surface area contributed by atoms with Crippen molar-refractivity contribution in [3.8, 4) is 11.3 Å². The number of aromatic nitrogens is 1. The summed E-state index contributed by atoms with van der Waals surface area (Å²) in [5.41, 5.74) is 2.13. The van der Waals surface area contributed by atoms with E-state index in [0.717, 1.165) is 18.5 Å². The van der Waals surface area contributed by atoms with Crippen molar-refractivity contribution in [1.82, 2.24) is 9.88 Å². The van der Waals surface area contributed by atoms with Crippen LogP contribution in [0.25, 0.3) is 11.3 Å². The van der Waals surface area contributed by atoms with Crippen LogP contribution in [0.5, 0.6) is 0 Å². The average Bonchev–Trinajstić information content (AvgIpc) is 3.17. The molecule has 2 aromatic rings. The van der Waals surface area contributed by atoms with E-state index in [2.05, 4.69) is 9.88 Å². The number of sulfonamides is 1. The highest BCUT2D eigenvalue weighted by Gasteiger charge is 2.22. The van der Waals surface area contributed by atoms with E-state index in [1.807, 2.05) is 13.0 Å². The Morgan fingerprint density at radius 2 is 2.13 bits per heavy atom. The fourth-order valence-electron chi connectivity index (χ4n) is 2.63. The van der Waals surface area contributed by atoms with E-state index in [9.17, 15) is 8.42 Å². The fourth-order valence-corrected chi connectivity index (χ4v) is 3.96. The molecule has 0 spiro atoms. The summed E-state index contributed by atoms with van der Waals surface area (Å²) >= 11 is 0. The minimum absolute atomic E-state index is 0.0369. The maximum absolute atomic E-state index is 12.6. The summed E-state index contributed by atoms with van der Waals surface area (Å²) in [5, 5.41) is 3.84. The van der Waals surface area contributed by atoms with Gasteiger partial charge in [-0.3, -0.25) is 0 Å². The highest BCUT2D eigenvalue weighted by atomic mass is 32.2. The molecule has 1 fully saturated rings. The molecule has 7 heteroatoms. The molecule has 0 bridgehead atoms. The van der Waals surface area contributed by atoms with Gasteiger partial charge < -0.3 is 9.26 Å². The highest BCUT2D eigenvalue weighted by molar-refractivity contribution is 7.89. The van der Waals surface area contributed by atoms with Crippen molar-refractivity contribution in [3.05, 3.63) is 35.5 Å². The van der Waals surface area contributed by atoms with Gasteiger partial charge in [0.15, 0.2) is 5.76 Å². The predicted octanol–water partition coefficient (Wildman–Crippen LogP) is 2.42. The molecule has 1 aromatic carbocycles. The molecule has 124 valence electrons. The summed E-state index contributed by atoms with van der Waals surface area (Å²) in [5.74, 6) is 0.554. The first-order chi connectivity index (χ1) is 11.0. The zero-order valence-corrected chi connectivity index (χ0v) is 14.0. The van der Waals surface area contributed by atoms with E-state index >= 15 is 0 Å². The first kappa shape index (κ1) is 16.2. The van der Waals surface area contributed by atoms with Gasteiger partial charge in [0, 0.05) is 24.8 Å². The minimum Gasteiger partial charge on any atom is -0.377 e. The van der Waals surface area contributed by atoms with E-state index in [1.165, 1.54) is 0 Å². The van der Waals surface area contributed by atoms with Gasteiger partial charge in [0.2, 0.25) is 10.0 Å². The Labute approximate surface area is 135 Å². The van der Waals surface area contributed by atoms with E-state index < -0.39 is 10.0 Å². The third-order valence-electron chi connectivity index (χ3n) is 3.92. The molecule has 6 nitrogen and oxygen atoms in total. The Morgan fingerprint density at radius 3 is 2.78 bits per heavy atom. The largest absolute Gasteiger partial charge is 0.377 e. The number of aryl methyl sites for hydroxylation is 2. The van der Waals surface area contributed by atoms with Gasteiger partial charge in [-0.2, -0.15) is 0 Å². The smallest absolute Gasteiger partial charge is 0.240 e. The molecule has 3 rings (SSSR count). The lowest BCUT2D eigenvalue weighted by molar-refractivity contribution is 0.114. The normalized spacial score (nSPS) is 18.4. The lowest BCUT2D eigenvalue weighted by Crippen LogP contribution is -2.32. The van der Waals surface area contributed by atoms with Gasteiger partial charge in [-0.25, -0.2) is 13.1 Å². The van der Waals surface area contributed by atoms with Crippen molar-refractivity contribution in [2.45, 2.75) is 37.7 Å². The van der Waals surface area contributed by atoms with E-state index in [4.69, 9.17) is 9.26 Å². The van der Waals surface area contributed by atoms with Gasteiger partial charge in [-0.15, -0.1) is 0 Å². The molecule has 1 N–H and O–H groups in total. The molecule has 1 aromatic heterocycles. The first-order valence-electron chi connectivity index (χ1n) is 7.61. The van der Waals surface area contributed by atoms with Crippen LogP contribution in [-0.2, 0) is 14.8 Å². The van der Waals surface area contributed by atoms with Crippen LogP contribution < -0.4 is 4.72 Å². The van der Waals surface area contributed by atoms with Crippen LogP contribution in [0.4, 0.5) is 0 Å². The number of nitrogens with one attached hydrogen (secondary N) is 1. The SMILES string of the molecule is Cc1cc(-c2ccc(C)c(S(=O)(=O)NCC3CCCO3)c2)on1. The third-order valence-corrected chi connectivity index (χ3v) is 5.48. The van der Waals surface area contributed by atoms with Gasteiger partial charge in [0.05, 0.1) is 16.7 Å². The second kappa shape index (κ2) is 6.43. The molecule has 23 heavy (non-hydrogen) atoms. The highest BCUT2D eigenvalue weighted by Crippen LogP contribution is 2.25. The maximum Gasteiger partial charge on any atom is 0.240 e. The Balaban J connectivity index is 1.85. The second-order valence-corrected chi connectivity index (χ2v) is 7.54. The molecular formula is C16H20N2O4S. The van der Waals surface area contributed by atoms with Crippen LogP contribution in [0.1, 0.15) is 24.1 Å². The summed E-state index contributed by atoms with van der Waals surface area (Å²) in [6.45, 7) is 4.59. The van der Waals surface area contributed by atoms with Gasteiger partial charge in [0.25, 0.3) is 0 Å². The molecular weight excluding hydrogens is 316 g/mol. The molecule has 2 heterocycles. The van der Waals surface area contributed by atoms with Crippen molar-refractivity contribution in [1.29, 1.82) is 0 Å². The van der Waals surface area contributed by atoms with Crippen molar-refractivity contribution in [2.24, 2.45) is 0 Å². The Hall–Kier alpha value is -1.70. The quantitative estimate of drug-likeness (QED) is 0.907. The second-order valence-electron chi connectivity index (χ2n) is 5.80. The average molecular weight is 336 g/mol. The first-order valence-corrected chi connectivity index (χ1v) is 9.09. The topological polar surface area (TPSA) is 81.4 Å². The van der Waals surface area contributed by atoms with Crippen molar-refractivity contribution < 1.29 is 17.7 Å². The van der Waals surface area contributed by atoms with Crippen LogP contribution in [0.2, 0.25) is 0 Å². The Bertz CT molecular complexity index is 792. The van der Waals surface area contributed by atoms with Crippen LogP contribution in [-0.4, -0.2) is 32.8 Å². The standard InChI is InChI=1S/C16H20N2O4S/c1-11-5-6-13(15-8-12(2)18-22-15)9-16(11)23(19,20)17-10-14-4-3-7-21-14/h5-6,8-9,14,17H,3-4,7,10H2,1-2H3. The molecule has 0 amide bonds. The van der Waals surface area contributed by atoms with Crippen LogP contribution in [0.15, 0.2) is 33.7 Å². The summed E-state index contributed by atoms with van der Waals surface area (Å²) < 4.78 is 38.5. The molecule has 1 aliphatic rings. The number of ether oxygens (including phenoxy) is 1. The Kier molecular flexibility index (Phi) is 4.52. The molecule has 1 atom stereocenters. The fraction of sp³-hybridized carbons (Fsp3) is 0.438. The van der Waals surface area contributed by atoms with E-state index in [1.54, 1.807) is 25.1 Å². The van der Waals surface area contributed by atoms with Gasteiger partial charge >= 0.3 is 0 Å². The number of hydrogen-bond acceptors (Lipinski definition) is 5. The minimum atomic E-state index is -3.59. The molecule has 0 radical (unpaired) electrons. The summed E-state index contributed by atoms with van der Waals surface area (Å²) in [4.78, 5) is 0.252. The number of hydrogen-bond donors (Lipinski definition) is 1. The van der Waals surface area contributed by atoms with Gasteiger partial charge in [-0.1, -0.05) is 17.3 Å². The lowest BCUT2D eigenvalue weighted by atomic mass is 10.1. The zero-order chi connectivity index (χ0) is 16.4. The molecule has 1 unspecified atom stereocenters. The number of nitrogens with zero attached hydrogens (tertiary/aromatic N) is 1. The van der Waals surface area contributed by atoms with Crippen LogP contribution in [0, 0.1) is 13.8 Å². The monoisotopic (exact) mass is 336 g/mol. The molecule has 0 saturated carbocycles. The van der Waals surface area contributed by atoms with Gasteiger partial charge in [-0.05, 0) is 38.3 Å². The molecule has 1 saturated heterocycles. The maximum atomic E-state index is 12.6. The van der Waals surface area contributed by atoms with Crippen LogP contribution in [0.3, 0.4) is 0 Å². The van der Waals surface area contributed by atoms with Crippen molar-refractivity contribution in [3.63, 3.8) is 0 Å². The van der Waals surface area contributed by atoms with E-state index in [0.29, 0.717) is 30.0 Å². The third kappa shape index (κ3) is 3.63. The summed E-state index contributed by atoms with van der Waals surface area (Å²) in [6.07, 6.45) is 1.83. The zero-order valence-electron chi connectivity index (χ0n) is 13.2. The van der Waals surface area contributed by atoms with Crippen molar-refractivity contribution >= 4 is 10.0 Å². The number of benzene rings is 1.